The Morgan fingerprint density at radius 1 is 1.00 bits per heavy atom. The summed E-state index contributed by atoms with van der Waals surface area (Å²) in [4.78, 5) is 9.86. The monoisotopic (exact) mass is 181 g/mol. The predicted octanol–water partition coefficient (Wildman–Crippen LogP) is 3.79. The molecule has 0 heterocycles. The molecule has 0 aromatic carbocycles. The molecule has 0 aliphatic carbocycles. The summed E-state index contributed by atoms with van der Waals surface area (Å²) in [5.74, 6) is 0. The number of carbonyl (C=O) groups excluding carboxylic acids is 1. The zero-order chi connectivity index (χ0) is 9.78. The van der Waals surface area contributed by atoms with Gasteiger partial charge in [-0.2, -0.15) is 0 Å². The maximum absolute atomic E-state index is 9.86. The SMILES string of the molecule is CCCCCCC=CCCC[C]=O. The molecule has 0 unspecified atom stereocenters. The first-order valence-electron chi connectivity index (χ1n) is 5.41. The zero-order valence-corrected chi connectivity index (χ0v) is 8.72. The molecule has 1 heteroatoms. The van der Waals surface area contributed by atoms with Crippen molar-refractivity contribution >= 4 is 6.29 Å². The van der Waals surface area contributed by atoms with E-state index < -0.39 is 0 Å². The highest BCUT2D eigenvalue weighted by molar-refractivity contribution is 5.50. The standard InChI is InChI=1S/C12H21O/c1-2-3-4-5-6-7-8-9-10-11-12-13/h7-8H,2-6,9-11H2,1H3. The summed E-state index contributed by atoms with van der Waals surface area (Å²) in [6.45, 7) is 2.23. The molecule has 1 nitrogen and oxygen atoms in total. The van der Waals surface area contributed by atoms with Gasteiger partial charge in [0.1, 0.15) is 0 Å². The predicted molar refractivity (Wildman–Crippen MR) is 57.4 cm³/mol. The quantitative estimate of drug-likeness (QED) is 0.390. The van der Waals surface area contributed by atoms with Gasteiger partial charge < -0.3 is 0 Å². The van der Waals surface area contributed by atoms with E-state index >= 15 is 0 Å². The molecule has 0 amide bonds. The van der Waals surface area contributed by atoms with Crippen molar-refractivity contribution in [3.05, 3.63) is 12.2 Å². The lowest BCUT2D eigenvalue weighted by molar-refractivity contribution is 0.549. The summed E-state index contributed by atoms with van der Waals surface area (Å²) >= 11 is 0. The third-order valence-electron chi connectivity index (χ3n) is 2.04. The van der Waals surface area contributed by atoms with Crippen LogP contribution >= 0.6 is 0 Å². The van der Waals surface area contributed by atoms with Crippen molar-refractivity contribution in [3.63, 3.8) is 0 Å². The Hall–Kier alpha value is -0.590. The van der Waals surface area contributed by atoms with E-state index in [1.807, 2.05) is 6.29 Å². The summed E-state index contributed by atoms with van der Waals surface area (Å²) in [5, 5.41) is 0. The van der Waals surface area contributed by atoms with E-state index in [9.17, 15) is 4.79 Å². The Morgan fingerprint density at radius 2 is 1.69 bits per heavy atom. The molecule has 0 spiro atoms. The Kier molecular flexibility index (Phi) is 10.9. The smallest absolute Gasteiger partial charge is 0.198 e. The van der Waals surface area contributed by atoms with Gasteiger partial charge in [-0.05, 0) is 25.7 Å². The highest BCUT2D eigenvalue weighted by Gasteiger charge is 1.85. The fraction of sp³-hybridized carbons (Fsp3) is 0.750. The lowest BCUT2D eigenvalue weighted by Crippen LogP contribution is -1.75. The van der Waals surface area contributed by atoms with E-state index in [4.69, 9.17) is 0 Å². The molecule has 0 bridgehead atoms. The first-order chi connectivity index (χ1) is 6.41. The van der Waals surface area contributed by atoms with Crippen LogP contribution in [0.2, 0.25) is 0 Å². The summed E-state index contributed by atoms with van der Waals surface area (Å²) < 4.78 is 0. The Bertz CT molecular complexity index is 127. The lowest BCUT2D eigenvalue weighted by atomic mass is 10.1. The van der Waals surface area contributed by atoms with Gasteiger partial charge in [-0.15, -0.1) is 0 Å². The van der Waals surface area contributed by atoms with Crippen LogP contribution in [0.1, 0.15) is 58.3 Å². The van der Waals surface area contributed by atoms with Gasteiger partial charge in [0.05, 0.1) is 0 Å². The largest absolute Gasteiger partial charge is 0.291 e. The number of allylic oxidation sites excluding steroid dienone is 2. The highest BCUT2D eigenvalue weighted by Crippen LogP contribution is 2.03. The minimum atomic E-state index is 0.584. The Morgan fingerprint density at radius 3 is 2.31 bits per heavy atom. The van der Waals surface area contributed by atoms with Crippen molar-refractivity contribution in [2.75, 3.05) is 0 Å². The van der Waals surface area contributed by atoms with Gasteiger partial charge in [0.15, 0.2) is 6.29 Å². The third kappa shape index (κ3) is 11.4. The number of hydrogen-bond acceptors (Lipinski definition) is 1. The summed E-state index contributed by atoms with van der Waals surface area (Å²) in [5.41, 5.74) is 0. The number of hydrogen-bond donors (Lipinski definition) is 0. The molecular formula is C12H21O. The molecule has 0 aromatic heterocycles. The van der Waals surface area contributed by atoms with Crippen LogP contribution in [0.5, 0.6) is 0 Å². The second-order valence-corrected chi connectivity index (χ2v) is 3.36. The van der Waals surface area contributed by atoms with Crippen LogP contribution in [0.3, 0.4) is 0 Å². The number of rotatable bonds is 9. The van der Waals surface area contributed by atoms with Crippen molar-refractivity contribution < 1.29 is 4.79 Å². The average molecular weight is 181 g/mol. The van der Waals surface area contributed by atoms with Gasteiger partial charge in [-0.1, -0.05) is 38.3 Å². The first-order valence-corrected chi connectivity index (χ1v) is 5.41. The van der Waals surface area contributed by atoms with Gasteiger partial charge in [0.2, 0.25) is 0 Å². The maximum atomic E-state index is 9.86. The molecule has 0 aliphatic heterocycles. The second kappa shape index (κ2) is 11.4. The molecule has 0 saturated heterocycles. The van der Waals surface area contributed by atoms with Crippen molar-refractivity contribution in [1.29, 1.82) is 0 Å². The molecule has 0 saturated carbocycles. The average Bonchev–Trinajstić information content (AvgIpc) is 2.16. The van der Waals surface area contributed by atoms with Crippen LogP contribution in [0.4, 0.5) is 0 Å². The molecular weight excluding hydrogens is 160 g/mol. The van der Waals surface area contributed by atoms with E-state index in [0.29, 0.717) is 6.42 Å². The van der Waals surface area contributed by atoms with E-state index in [-0.39, 0.29) is 0 Å². The van der Waals surface area contributed by atoms with Crippen LogP contribution in [0, 0.1) is 0 Å². The summed E-state index contributed by atoms with van der Waals surface area (Å²) in [6.07, 6.45) is 15.4. The van der Waals surface area contributed by atoms with E-state index in [2.05, 4.69) is 19.1 Å². The first kappa shape index (κ1) is 12.4. The topological polar surface area (TPSA) is 17.1 Å². The molecule has 0 N–H and O–H groups in total. The van der Waals surface area contributed by atoms with Gasteiger partial charge >= 0.3 is 0 Å². The lowest BCUT2D eigenvalue weighted by Gasteiger charge is -1.93. The van der Waals surface area contributed by atoms with Crippen LogP contribution in [-0.2, 0) is 4.79 Å². The Balaban J connectivity index is 2.98. The van der Waals surface area contributed by atoms with Crippen LogP contribution in [-0.4, -0.2) is 6.29 Å². The fourth-order valence-corrected chi connectivity index (χ4v) is 1.22. The minimum absolute atomic E-state index is 0.584. The van der Waals surface area contributed by atoms with Gasteiger partial charge in [-0.25, -0.2) is 0 Å². The van der Waals surface area contributed by atoms with Crippen LogP contribution in [0.15, 0.2) is 12.2 Å². The number of unbranched alkanes of at least 4 members (excludes halogenated alkanes) is 6. The molecule has 75 valence electrons. The van der Waals surface area contributed by atoms with Crippen molar-refractivity contribution in [1.82, 2.24) is 0 Å². The molecule has 0 aromatic rings. The second-order valence-electron chi connectivity index (χ2n) is 3.36. The van der Waals surface area contributed by atoms with E-state index in [0.717, 1.165) is 12.8 Å². The molecule has 0 fully saturated rings. The molecule has 13 heavy (non-hydrogen) atoms. The Labute approximate surface area is 82.2 Å². The molecule has 0 rings (SSSR count). The minimum Gasteiger partial charge on any atom is -0.291 e. The van der Waals surface area contributed by atoms with Crippen molar-refractivity contribution in [2.24, 2.45) is 0 Å². The fourth-order valence-electron chi connectivity index (χ4n) is 1.22. The maximum Gasteiger partial charge on any atom is 0.198 e. The summed E-state index contributed by atoms with van der Waals surface area (Å²) in [7, 11) is 0. The zero-order valence-electron chi connectivity index (χ0n) is 8.72. The normalized spacial score (nSPS) is 10.8. The third-order valence-corrected chi connectivity index (χ3v) is 2.04. The highest BCUT2D eigenvalue weighted by atomic mass is 16.1. The van der Waals surface area contributed by atoms with Gasteiger partial charge in [-0.3, -0.25) is 4.79 Å². The molecule has 0 aliphatic rings. The van der Waals surface area contributed by atoms with Crippen molar-refractivity contribution in [2.45, 2.75) is 58.3 Å². The van der Waals surface area contributed by atoms with Gasteiger partial charge in [0.25, 0.3) is 0 Å². The molecule has 0 atom stereocenters. The van der Waals surface area contributed by atoms with Gasteiger partial charge in [0, 0.05) is 6.42 Å². The van der Waals surface area contributed by atoms with E-state index in [1.165, 1.54) is 32.1 Å². The molecule has 1 radical (unpaired) electrons. The summed E-state index contributed by atoms with van der Waals surface area (Å²) in [6, 6.07) is 0. The van der Waals surface area contributed by atoms with Crippen LogP contribution in [0.25, 0.3) is 0 Å². The van der Waals surface area contributed by atoms with Crippen LogP contribution < -0.4 is 0 Å². The van der Waals surface area contributed by atoms with Crippen molar-refractivity contribution in [3.8, 4) is 0 Å². The van der Waals surface area contributed by atoms with E-state index in [1.54, 1.807) is 0 Å².